The second kappa shape index (κ2) is 6.69. The number of carbonyl (C=O) groups excluding carboxylic acids is 1. The number of rotatable bonds is 0. The number of amides is 2. The smallest absolute Gasteiger partial charge is 0.296 e. The Hall–Kier alpha value is -2.11. The molecular formula is C26H22Br2N2O. The van der Waals surface area contributed by atoms with Crippen molar-refractivity contribution in [3.05, 3.63) is 90.9 Å². The highest BCUT2D eigenvalue weighted by Gasteiger charge is 2.52. The topological polar surface area (TPSA) is 23.6 Å². The lowest BCUT2D eigenvalue weighted by Crippen LogP contribution is -2.53. The molecule has 0 saturated carbocycles. The van der Waals surface area contributed by atoms with Crippen LogP contribution in [-0.4, -0.2) is 13.1 Å². The maximum Gasteiger partial charge on any atom is 0.329 e. The number of nitrogens with zero attached hydrogens (tertiary/aromatic N) is 2. The Kier molecular flexibility index (Phi) is 4.22. The number of anilines is 2. The van der Waals surface area contributed by atoms with Gasteiger partial charge in [-0.05, 0) is 76.5 Å². The number of fused-ring (bicyclic) bond motifs is 10. The van der Waals surface area contributed by atoms with Gasteiger partial charge in [-0.25, -0.2) is 4.79 Å². The SMILES string of the molecule is Cc1cc(C)c2c(c1)[C@H]1c3ccccc3C[C@H]1[C@H]1c3cc(Br)cc(Br)c3N(C)C(=O)N21. The molecule has 0 bridgehead atoms. The highest BCUT2D eigenvalue weighted by Crippen LogP contribution is 2.60. The minimum atomic E-state index is -0.00111. The lowest BCUT2D eigenvalue weighted by molar-refractivity contribution is 0.241. The van der Waals surface area contributed by atoms with Gasteiger partial charge in [0, 0.05) is 27.5 Å². The monoisotopic (exact) mass is 536 g/mol. The van der Waals surface area contributed by atoms with E-state index < -0.39 is 0 Å². The van der Waals surface area contributed by atoms with Crippen molar-refractivity contribution in [1.29, 1.82) is 0 Å². The maximum atomic E-state index is 13.8. The summed E-state index contributed by atoms with van der Waals surface area (Å²) >= 11 is 7.43. The summed E-state index contributed by atoms with van der Waals surface area (Å²) in [5, 5.41) is 0. The van der Waals surface area contributed by atoms with Gasteiger partial charge in [-0.15, -0.1) is 0 Å². The van der Waals surface area contributed by atoms with Gasteiger partial charge in [-0.3, -0.25) is 9.80 Å². The van der Waals surface area contributed by atoms with Gasteiger partial charge in [-0.2, -0.15) is 0 Å². The minimum absolute atomic E-state index is 0.00111. The summed E-state index contributed by atoms with van der Waals surface area (Å²) in [5.74, 6) is 0.608. The van der Waals surface area contributed by atoms with Crippen LogP contribution < -0.4 is 9.80 Å². The normalized spacial score (nSPS) is 23.1. The fourth-order valence-corrected chi connectivity index (χ4v) is 7.74. The first-order chi connectivity index (χ1) is 14.9. The van der Waals surface area contributed by atoms with Gasteiger partial charge in [0.05, 0.1) is 17.4 Å². The number of aryl methyl sites for hydroxylation is 2. The molecule has 0 spiro atoms. The van der Waals surface area contributed by atoms with Crippen molar-refractivity contribution in [3.63, 3.8) is 0 Å². The standard InChI is InChI=1S/C26H22Br2N2O/c1-13-8-14(2)23-18(9-13)22-17-7-5-4-6-15(17)10-19(22)24-20-11-16(27)12-21(28)25(20)29(3)26(31)30(23)24/h4-9,11-12,19,22,24H,10H2,1-3H3/t19-,22-,24+/m1/s1. The Morgan fingerprint density at radius 3 is 2.52 bits per heavy atom. The first kappa shape index (κ1) is 19.6. The number of benzene rings is 3. The number of halogens is 2. The summed E-state index contributed by atoms with van der Waals surface area (Å²) in [5.41, 5.74) is 9.82. The predicted octanol–water partition coefficient (Wildman–Crippen LogP) is 7.26. The van der Waals surface area contributed by atoms with Gasteiger partial charge >= 0.3 is 6.03 Å². The molecule has 0 fully saturated rings. The number of carbonyl (C=O) groups is 1. The molecule has 3 aromatic carbocycles. The van der Waals surface area contributed by atoms with Gasteiger partial charge in [0.1, 0.15) is 0 Å². The molecule has 0 aromatic heterocycles. The lowest BCUT2D eigenvalue weighted by atomic mass is 9.72. The number of hydrogen-bond acceptors (Lipinski definition) is 1. The minimum Gasteiger partial charge on any atom is -0.296 e. The van der Waals surface area contributed by atoms with E-state index in [1.54, 1.807) is 4.90 Å². The van der Waals surface area contributed by atoms with Gasteiger partial charge in [0.25, 0.3) is 0 Å². The van der Waals surface area contributed by atoms with Crippen molar-refractivity contribution < 1.29 is 4.79 Å². The first-order valence-electron chi connectivity index (χ1n) is 10.6. The fraction of sp³-hybridized carbons (Fsp3) is 0.269. The molecule has 2 heterocycles. The van der Waals surface area contributed by atoms with Crippen molar-refractivity contribution in [2.24, 2.45) is 5.92 Å². The Labute approximate surface area is 199 Å². The highest BCUT2D eigenvalue weighted by atomic mass is 79.9. The van der Waals surface area contributed by atoms with Crippen LogP contribution in [0.15, 0.2) is 57.5 Å². The molecule has 3 aromatic rings. The average Bonchev–Trinajstić information content (AvgIpc) is 3.10. The van der Waals surface area contributed by atoms with Crippen LogP contribution in [0.5, 0.6) is 0 Å². The second-order valence-electron chi connectivity index (χ2n) is 9.05. The third kappa shape index (κ3) is 2.59. The van der Waals surface area contributed by atoms with Crippen LogP contribution in [0.2, 0.25) is 0 Å². The average molecular weight is 538 g/mol. The zero-order chi connectivity index (χ0) is 21.6. The molecule has 156 valence electrons. The molecule has 0 saturated heterocycles. The molecule has 0 N–H and O–H groups in total. The molecule has 2 amide bonds. The van der Waals surface area contributed by atoms with Gasteiger partial charge in [-0.1, -0.05) is 57.9 Å². The van der Waals surface area contributed by atoms with Crippen molar-refractivity contribution in [3.8, 4) is 0 Å². The van der Waals surface area contributed by atoms with Crippen LogP contribution in [0.1, 0.15) is 45.3 Å². The zero-order valence-electron chi connectivity index (χ0n) is 17.6. The van der Waals surface area contributed by atoms with Crippen molar-refractivity contribution in [1.82, 2.24) is 0 Å². The molecule has 2 aliphatic heterocycles. The summed E-state index contributed by atoms with van der Waals surface area (Å²) in [4.78, 5) is 17.7. The Morgan fingerprint density at radius 2 is 1.71 bits per heavy atom. The van der Waals surface area contributed by atoms with Crippen LogP contribution in [0, 0.1) is 19.8 Å². The van der Waals surface area contributed by atoms with Crippen LogP contribution in [0.25, 0.3) is 0 Å². The maximum absolute atomic E-state index is 13.8. The summed E-state index contributed by atoms with van der Waals surface area (Å²) in [6.45, 7) is 4.30. The van der Waals surface area contributed by atoms with E-state index in [1.165, 1.54) is 33.4 Å². The predicted molar refractivity (Wildman–Crippen MR) is 132 cm³/mol. The fourth-order valence-electron chi connectivity index (χ4n) is 6.21. The van der Waals surface area contributed by atoms with E-state index in [9.17, 15) is 4.79 Å². The summed E-state index contributed by atoms with van der Waals surface area (Å²) in [6, 6.07) is 17.6. The third-order valence-corrected chi connectivity index (χ3v) is 8.27. The molecule has 3 atom stereocenters. The molecule has 0 radical (unpaired) electrons. The summed E-state index contributed by atoms with van der Waals surface area (Å²) in [6.07, 6.45) is 0.981. The zero-order valence-corrected chi connectivity index (χ0v) is 20.8. The molecule has 31 heavy (non-hydrogen) atoms. The van der Waals surface area contributed by atoms with Crippen molar-refractivity contribution in [2.45, 2.75) is 32.2 Å². The van der Waals surface area contributed by atoms with Crippen LogP contribution in [0.4, 0.5) is 16.2 Å². The van der Waals surface area contributed by atoms with E-state index in [-0.39, 0.29) is 12.1 Å². The number of urea groups is 1. The second-order valence-corrected chi connectivity index (χ2v) is 10.8. The van der Waals surface area contributed by atoms with Crippen LogP contribution >= 0.6 is 31.9 Å². The van der Waals surface area contributed by atoms with E-state index in [0.717, 1.165) is 26.7 Å². The molecule has 6 rings (SSSR count). The van der Waals surface area contributed by atoms with E-state index in [0.29, 0.717) is 11.8 Å². The van der Waals surface area contributed by atoms with E-state index in [2.05, 4.69) is 93.1 Å². The Morgan fingerprint density at radius 1 is 0.935 bits per heavy atom. The first-order valence-corrected chi connectivity index (χ1v) is 12.2. The summed E-state index contributed by atoms with van der Waals surface area (Å²) < 4.78 is 1.98. The van der Waals surface area contributed by atoms with Crippen molar-refractivity contribution >= 4 is 49.3 Å². The third-order valence-electron chi connectivity index (χ3n) is 7.21. The molecule has 5 heteroatoms. The largest absolute Gasteiger partial charge is 0.329 e. The van der Waals surface area contributed by atoms with E-state index in [4.69, 9.17) is 0 Å². The number of hydrogen-bond donors (Lipinski definition) is 0. The quantitative estimate of drug-likeness (QED) is 0.296. The van der Waals surface area contributed by atoms with Crippen molar-refractivity contribution in [2.75, 3.05) is 16.8 Å². The molecule has 3 aliphatic rings. The molecule has 3 nitrogen and oxygen atoms in total. The molecular weight excluding hydrogens is 516 g/mol. The molecule has 1 aliphatic carbocycles. The van der Waals surface area contributed by atoms with Crippen LogP contribution in [0.3, 0.4) is 0 Å². The van der Waals surface area contributed by atoms with E-state index >= 15 is 0 Å². The lowest BCUT2D eigenvalue weighted by Gasteiger charge is -2.50. The van der Waals surface area contributed by atoms with Crippen LogP contribution in [-0.2, 0) is 6.42 Å². The Bertz CT molecular complexity index is 1280. The molecule has 0 unspecified atom stereocenters. The van der Waals surface area contributed by atoms with E-state index in [1.807, 2.05) is 13.1 Å². The highest BCUT2D eigenvalue weighted by molar-refractivity contribution is 9.11. The van der Waals surface area contributed by atoms with Gasteiger partial charge in [0.2, 0.25) is 0 Å². The summed E-state index contributed by atoms with van der Waals surface area (Å²) in [7, 11) is 1.88. The van der Waals surface area contributed by atoms with Gasteiger partial charge < -0.3 is 0 Å². The Balaban J connectivity index is 1.70. The van der Waals surface area contributed by atoms with Gasteiger partial charge in [0.15, 0.2) is 0 Å².